The summed E-state index contributed by atoms with van der Waals surface area (Å²) >= 11 is 6.15. The molecule has 0 radical (unpaired) electrons. The van der Waals surface area contributed by atoms with Gasteiger partial charge in [0.15, 0.2) is 18.1 Å². The lowest BCUT2D eigenvalue weighted by Gasteiger charge is -2.17. The molecule has 14 heteroatoms. The number of alkyl halides is 1. The largest absolute Gasteiger partial charge is 0.441 e. The Morgan fingerprint density at radius 3 is 2.86 bits per heavy atom. The molecule has 12 nitrogen and oxygen atoms in total. The second-order valence-electron chi connectivity index (χ2n) is 9.67. The molecule has 2 saturated carbocycles. The molecule has 0 spiro atoms. The van der Waals surface area contributed by atoms with Crippen molar-refractivity contribution in [1.82, 2.24) is 35.2 Å². The number of aromatic nitrogens is 5. The van der Waals surface area contributed by atoms with E-state index in [4.69, 9.17) is 21.1 Å². The smallest absolute Gasteiger partial charge is 0.408 e. The van der Waals surface area contributed by atoms with Gasteiger partial charge in [0.25, 0.3) is 5.91 Å². The van der Waals surface area contributed by atoms with Crippen molar-refractivity contribution in [1.29, 1.82) is 0 Å². The molecule has 3 aliphatic rings. The van der Waals surface area contributed by atoms with Gasteiger partial charge < -0.3 is 25.4 Å². The van der Waals surface area contributed by atoms with Gasteiger partial charge in [0.2, 0.25) is 5.95 Å². The fourth-order valence-corrected chi connectivity index (χ4v) is 4.15. The maximum atomic E-state index is 15.0. The fourth-order valence-electron chi connectivity index (χ4n) is 3.97. The molecule has 1 aliphatic heterocycles. The van der Waals surface area contributed by atoms with Crippen molar-refractivity contribution in [3.05, 3.63) is 34.9 Å². The topological polar surface area (TPSA) is 148 Å². The number of H-pyrrole nitrogens is 1. The predicted molar refractivity (Wildman–Crippen MR) is 125 cm³/mol. The first-order chi connectivity index (χ1) is 17.3. The lowest BCUT2D eigenvalue weighted by molar-refractivity contribution is 0.0604. The van der Waals surface area contributed by atoms with E-state index < -0.39 is 24.5 Å². The van der Waals surface area contributed by atoms with Crippen LogP contribution in [0.5, 0.6) is 0 Å². The molecule has 0 aromatic carbocycles. The molecular formula is C22H24ClFN8O4. The molecule has 2 amide bonds. The van der Waals surface area contributed by atoms with E-state index in [0.717, 1.165) is 25.7 Å². The molecule has 190 valence electrons. The van der Waals surface area contributed by atoms with Crippen molar-refractivity contribution in [3.63, 3.8) is 0 Å². The zero-order valence-corrected chi connectivity index (χ0v) is 20.0. The minimum atomic E-state index is -1.58. The summed E-state index contributed by atoms with van der Waals surface area (Å²) in [6.07, 6.45) is 0.980. The first kappa shape index (κ1) is 23.0. The number of ether oxygens (including phenoxy) is 2. The number of nitrogens with one attached hydrogen (secondary N) is 4. The number of imidazole rings is 1. The number of halogens is 2. The summed E-state index contributed by atoms with van der Waals surface area (Å²) in [5.74, 6) is 0.317. The highest BCUT2D eigenvalue weighted by Gasteiger charge is 2.44. The van der Waals surface area contributed by atoms with Crippen LogP contribution in [0.15, 0.2) is 18.3 Å². The van der Waals surface area contributed by atoms with Crippen molar-refractivity contribution in [2.75, 3.05) is 11.9 Å². The predicted octanol–water partition coefficient (Wildman–Crippen LogP) is 2.80. The van der Waals surface area contributed by atoms with E-state index in [2.05, 4.69) is 36.1 Å². The molecule has 2 aliphatic carbocycles. The second-order valence-corrected chi connectivity index (χ2v) is 10.1. The Balaban J connectivity index is 1.15. The number of anilines is 2. The number of rotatable bonds is 7. The summed E-state index contributed by atoms with van der Waals surface area (Å²) in [6, 6.07) is 3.30. The van der Waals surface area contributed by atoms with Gasteiger partial charge in [-0.3, -0.25) is 14.3 Å². The third-order valence-corrected chi connectivity index (χ3v) is 6.65. The van der Waals surface area contributed by atoms with Crippen molar-refractivity contribution < 1.29 is 23.5 Å². The number of hydrogen-bond donors (Lipinski definition) is 4. The normalized spacial score (nSPS) is 24.5. The van der Waals surface area contributed by atoms with Crippen LogP contribution in [0.3, 0.4) is 0 Å². The van der Waals surface area contributed by atoms with Gasteiger partial charge in [-0.25, -0.2) is 19.2 Å². The summed E-state index contributed by atoms with van der Waals surface area (Å²) in [5, 5.41) is 15.7. The van der Waals surface area contributed by atoms with E-state index >= 15 is 4.39 Å². The minimum Gasteiger partial charge on any atom is -0.441 e. The third-order valence-electron chi connectivity index (χ3n) is 6.46. The van der Waals surface area contributed by atoms with Gasteiger partial charge in [0.05, 0.1) is 12.3 Å². The quantitative estimate of drug-likeness (QED) is 0.349. The monoisotopic (exact) mass is 518 g/mol. The summed E-state index contributed by atoms with van der Waals surface area (Å²) in [6.45, 7) is 1.83. The standard InChI is InChI=1S/C22H24ClFN8O4/c1-22(4-5-22)29-21(34)36-13-9-35-18(17(13)24)11-6-15(31-30-11)28-20-27-14(23)7-16-26-12(8-32(16)20)19(33)25-10-2-3-10/h6-8,10,13,17-18H,2-5,9H2,1H3,(H,25,33)(H,29,34)(H2,27,28,30,31)/t13-,17-,18-/m1/s1. The van der Waals surface area contributed by atoms with Crippen molar-refractivity contribution >= 4 is 41.0 Å². The van der Waals surface area contributed by atoms with Gasteiger partial charge in [-0.2, -0.15) is 5.10 Å². The lowest BCUT2D eigenvalue weighted by Crippen LogP contribution is -2.39. The van der Waals surface area contributed by atoms with Gasteiger partial charge in [-0.15, -0.1) is 0 Å². The highest BCUT2D eigenvalue weighted by atomic mass is 35.5. The number of hydrogen-bond acceptors (Lipinski definition) is 8. The number of amides is 2. The van der Waals surface area contributed by atoms with Crippen LogP contribution in [-0.4, -0.2) is 67.0 Å². The molecule has 3 aromatic heterocycles. The first-order valence-electron chi connectivity index (χ1n) is 11.7. The average Bonchev–Trinajstić information content (AvgIpc) is 3.61. The summed E-state index contributed by atoms with van der Waals surface area (Å²) in [5.41, 5.74) is 0.763. The van der Waals surface area contributed by atoms with Crippen LogP contribution in [-0.2, 0) is 9.47 Å². The second kappa shape index (κ2) is 8.59. The molecule has 4 heterocycles. The lowest BCUT2D eigenvalue weighted by atomic mass is 10.1. The van der Waals surface area contributed by atoms with Crippen LogP contribution in [0.1, 0.15) is 54.9 Å². The number of carbonyl (C=O) groups is 2. The zero-order chi connectivity index (χ0) is 25.0. The Morgan fingerprint density at radius 1 is 1.31 bits per heavy atom. The summed E-state index contributed by atoms with van der Waals surface area (Å²) < 4.78 is 27.4. The number of carbonyl (C=O) groups excluding carboxylic acids is 2. The number of fused-ring (bicyclic) bond motifs is 1. The molecular weight excluding hydrogens is 495 g/mol. The molecule has 0 bridgehead atoms. The molecule has 3 fully saturated rings. The van der Waals surface area contributed by atoms with Crippen molar-refractivity contribution in [3.8, 4) is 0 Å². The molecule has 6 rings (SSSR count). The highest BCUT2D eigenvalue weighted by molar-refractivity contribution is 6.29. The van der Waals surface area contributed by atoms with Crippen LogP contribution in [0.4, 0.5) is 21.0 Å². The van der Waals surface area contributed by atoms with E-state index in [9.17, 15) is 9.59 Å². The van der Waals surface area contributed by atoms with E-state index in [-0.39, 0.29) is 40.9 Å². The van der Waals surface area contributed by atoms with E-state index in [1.807, 2.05) is 6.92 Å². The number of aromatic amines is 1. The number of alkyl carbamates (subject to hydrolysis) is 1. The van der Waals surface area contributed by atoms with Crippen LogP contribution >= 0.6 is 11.6 Å². The first-order valence-corrected chi connectivity index (χ1v) is 12.1. The minimum absolute atomic E-state index is 0.0744. The van der Waals surface area contributed by atoms with Gasteiger partial charge in [0.1, 0.15) is 22.6 Å². The Bertz CT molecular complexity index is 1340. The molecule has 1 saturated heterocycles. The van der Waals surface area contributed by atoms with Crippen molar-refractivity contribution in [2.45, 2.75) is 62.6 Å². The third kappa shape index (κ3) is 4.67. The molecule has 0 unspecified atom stereocenters. The Kier molecular flexibility index (Phi) is 5.48. The molecule has 4 N–H and O–H groups in total. The van der Waals surface area contributed by atoms with E-state index in [1.54, 1.807) is 16.7 Å². The van der Waals surface area contributed by atoms with Gasteiger partial charge in [-0.1, -0.05) is 11.6 Å². The maximum absolute atomic E-state index is 15.0. The molecule has 3 atom stereocenters. The van der Waals surface area contributed by atoms with E-state index in [1.165, 1.54) is 6.07 Å². The van der Waals surface area contributed by atoms with E-state index in [0.29, 0.717) is 17.2 Å². The number of nitrogens with zero attached hydrogens (tertiary/aromatic N) is 4. The van der Waals surface area contributed by atoms with Gasteiger partial charge in [-0.05, 0) is 32.6 Å². The highest BCUT2D eigenvalue weighted by Crippen LogP contribution is 2.36. The SMILES string of the molecule is CC1(NC(=O)O[C@@H]2CO[C@H](c3cc(Nc4nc(Cl)cc5nc(C(=O)NC6CC6)cn45)n[nH]3)[C@@H]2F)CC1. The Labute approximate surface area is 209 Å². The molecule has 36 heavy (non-hydrogen) atoms. The van der Waals surface area contributed by atoms with Gasteiger partial charge >= 0.3 is 6.09 Å². The van der Waals surface area contributed by atoms with Gasteiger partial charge in [0, 0.05) is 29.9 Å². The van der Waals surface area contributed by atoms with Crippen LogP contribution < -0.4 is 16.0 Å². The van der Waals surface area contributed by atoms with Crippen LogP contribution in [0, 0.1) is 0 Å². The maximum Gasteiger partial charge on any atom is 0.408 e. The fraction of sp³-hybridized carbons (Fsp3) is 0.500. The van der Waals surface area contributed by atoms with Crippen LogP contribution in [0.25, 0.3) is 5.65 Å². The Hall–Kier alpha value is -3.45. The summed E-state index contributed by atoms with van der Waals surface area (Å²) in [7, 11) is 0. The van der Waals surface area contributed by atoms with Crippen molar-refractivity contribution in [2.24, 2.45) is 0 Å². The Morgan fingerprint density at radius 2 is 2.11 bits per heavy atom. The zero-order valence-electron chi connectivity index (χ0n) is 19.3. The van der Waals surface area contributed by atoms with Crippen LogP contribution in [0.2, 0.25) is 5.15 Å². The molecule has 3 aromatic rings. The summed E-state index contributed by atoms with van der Waals surface area (Å²) in [4.78, 5) is 33.1. The average molecular weight is 519 g/mol.